The van der Waals surface area contributed by atoms with E-state index in [1.165, 1.54) is 0 Å². The third kappa shape index (κ3) is 3.42. The molecule has 1 unspecified atom stereocenters. The van der Waals surface area contributed by atoms with Gasteiger partial charge >= 0.3 is 146 Å². The second-order valence-corrected chi connectivity index (χ2v) is 9.79. The minimum atomic E-state index is -3.02. The summed E-state index contributed by atoms with van der Waals surface area (Å²) in [6, 6.07) is 11.2. The van der Waals surface area contributed by atoms with E-state index in [0.29, 0.717) is 0 Å². The van der Waals surface area contributed by atoms with Gasteiger partial charge in [-0.15, -0.1) is 0 Å². The summed E-state index contributed by atoms with van der Waals surface area (Å²) in [5, 5.41) is 2.73. The molecule has 0 aliphatic rings. The maximum atomic E-state index is 15.8. The Balaban J connectivity index is 2.28. The molecule has 1 atom stereocenters. The Morgan fingerprint density at radius 1 is 0.720 bits per heavy atom. The van der Waals surface area contributed by atoms with Crippen LogP contribution in [0.2, 0.25) is 0 Å². The number of aromatic nitrogens is 3. The number of pyridine rings is 3. The van der Waals surface area contributed by atoms with Crippen LogP contribution in [0.4, 0.5) is 8.78 Å². The van der Waals surface area contributed by atoms with E-state index in [1.807, 2.05) is 36.4 Å². The fraction of sp³-hybridized carbons (Fsp3) is 0.211. The predicted octanol–water partition coefficient (Wildman–Crippen LogP) is 2.94. The van der Waals surface area contributed by atoms with Crippen molar-refractivity contribution in [1.82, 2.24) is 15.0 Å². The van der Waals surface area contributed by atoms with Gasteiger partial charge in [0.2, 0.25) is 0 Å². The number of hydrogen-bond acceptors (Lipinski definition) is 3. The quantitative estimate of drug-likeness (QED) is 0.609. The first-order valence-corrected chi connectivity index (χ1v) is 10.3. The Labute approximate surface area is 146 Å². The fourth-order valence-electron chi connectivity index (χ4n) is 3.36. The van der Waals surface area contributed by atoms with Gasteiger partial charge < -0.3 is 0 Å². The Morgan fingerprint density at radius 3 is 1.40 bits per heavy atom. The second-order valence-electron chi connectivity index (χ2n) is 5.81. The van der Waals surface area contributed by atoms with Crippen LogP contribution >= 0.6 is 7.26 Å². The molecule has 0 amide bonds. The Morgan fingerprint density at radius 2 is 1.08 bits per heavy atom. The van der Waals surface area contributed by atoms with Gasteiger partial charge in [-0.05, 0) is 0 Å². The molecule has 0 fully saturated rings. The first-order valence-electron chi connectivity index (χ1n) is 8.21. The van der Waals surface area contributed by atoms with E-state index in [-0.39, 0.29) is 12.8 Å². The van der Waals surface area contributed by atoms with Gasteiger partial charge in [0.25, 0.3) is 0 Å². The fourth-order valence-corrected chi connectivity index (χ4v) is 8.11. The minimum absolute atomic E-state index is 0.176. The summed E-state index contributed by atoms with van der Waals surface area (Å²) in [6.07, 6.45) is 10.5. The standard InChI is InChI=1S/C19H20F2N3P/c20-9-1-2-19(21)25(16-3-10-22-11-4-16,17-5-12-23-13-6-17)18-7-14-24-15-8-18/h3-8,10-15,19,25H,1-2,9H2. The summed E-state index contributed by atoms with van der Waals surface area (Å²) in [7, 11) is -3.02. The molecule has 0 radical (unpaired) electrons. The molecule has 3 rings (SSSR count). The van der Waals surface area contributed by atoms with Crippen LogP contribution in [-0.2, 0) is 0 Å². The summed E-state index contributed by atoms with van der Waals surface area (Å²) < 4.78 is 28.6. The first kappa shape index (κ1) is 17.6. The molecular weight excluding hydrogens is 339 g/mol. The molecule has 0 bridgehead atoms. The molecule has 25 heavy (non-hydrogen) atoms. The van der Waals surface area contributed by atoms with E-state index in [9.17, 15) is 4.39 Å². The number of hydrogen-bond donors (Lipinski definition) is 0. The van der Waals surface area contributed by atoms with Crippen LogP contribution in [0.1, 0.15) is 12.8 Å². The van der Waals surface area contributed by atoms with Gasteiger partial charge in [-0.1, -0.05) is 0 Å². The molecule has 0 aliphatic heterocycles. The average Bonchev–Trinajstić information content (AvgIpc) is 2.69. The van der Waals surface area contributed by atoms with Crippen molar-refractivity contribution in [2.45, 2.75) is 18.8 Å². The van der Waals surface area contributed by atoms with Crippen molar-refractivity contribution >= 4 is 23.2 Å². The van der Waals surface area contributed by atoms with E-state index in [4.69, 9.17) is 0 Å². The molecule has 0 N–H and O–H groups in total. The average molecular weight is 359 g/mol. The summed E-state index contributed by atoms with van der Waals surface area (Å²) in [6.45, 7) is -0.520. The van der Waals surface area contributed by atoms with E-state index in [0.717, 1.165) is 15.9 Å². The maximum absolute atomic E-state index is 15.8. The van der Waals surface area contributed by atoms with Gasteiger partial charge in [-0.2, -0.15) is 0 Å². The number of nitrogens with zero attached hydrogens (tertiary/aromatic N) is 3. The first-order chi connectivity index (χ1) is 12.3. The van der Waals surface area contributed by atoms with Crippen LogP contribution < -0.4 is 15.9 Å². The van der Waals surface area contributed by atoms with Gasteiger partial charge in [0, 0.05) is 0 Å². The van der Waals surface area contributed by atoms with Crippen molar-refractivity contribution in [2.24, 2.45) is 0 Å². The summed E-state index contributed by atoms with van der Waals surface area (Å²) in [4.78, 5) is 12.2. The molecule has 3 aromatic heterocycles. The number of rotatable bonds is 7. The number of halogens is 2. The van der Waals surface area contributed by atoms with Gasteiger partial charge in [0.1, 0.15) is 0 Å². The predicted molar refractivity (Wildman–Crippen MR) is 100 cm³/mol. The normalized spacial score (nSPS) is 13.4. The Kier molecular flexibility index (Phi) is 5.77. The number of alkyl halides is 2. The molecular formula is C19H20F2N3P. The topological polar surface area (TPSA) is 38.7 Å². The zero-order chi connectivity index (χ0) is 17.5. The van der Waals surface area contributed by atoms with Crippen molar-refractivity contribution < 1.29 is 8.78 Å². The van der Waals surface area contributed by atoms with Gasteiger partial charge in [0.05, 0.1) is 0 Å². The summed E-state index contributed by atoms with van der Waals surface area (Å²) in [5.74, 6) is -1.17. The van der Waals surface area contributed by atoms with Crippen molar-refractivity contribution in [3.8, 4) is 0 Å². The molecule has 0 aliphatic carbocycles. The molecule has 6 heteroatoms. The van der Waals surface area contributed by atoms with Gasteiger partial charge in [-0.25, -0.2) is 0 Å². The van der Waals surface area contributed by atoms with E-state index in [2.05, 4.69) is 15.0 Å². The van der Waals surface area contributed by atoms with Crippen LogP contribution in [0.5, 0.6) is 0 Å². The zero-order valence-electron chi connectivity index (χ0n) is 13.7. The van der Waals surface area contributed by atoms with E-state index in [1.54, 1.807) is 37.2 Å². The van der Waals surface area contributed by atoms with Crippen LogP contribution in [0.15, 0.2) is 73.6 Å². The Bertz CT molecular complexity index is 676. The Hall–Kier alpha value is -2.26. The van der Waals surface area contributed by atoms with E-state index >= 15 is 4.39 Å². The van der Waals surface area contributed by atoms with Crippen molar-refractivity contribution in [2.75, 3.05) is 6.67 Å². The van der Waals surface area contributed by atoms with Crippen LogP contribution in [0.25, 0.3) is 0 Å². The molecule has 3 aromatic rings. The molecule has 0 spiro atoms. The summed E-state index contributed by atoms with van der Waals surface area (Å²) in [5.41, 5.74) is 0. The van der Waals surface area contributed by atoms with Crippen LogP contribution in [-0.4, -0.2) is 27.5 Å². The van der Waals surface area contributed by atoms with Gasteiger partial charge in [-0.3, -0.25) is 0 Å². The second kappa shape index (κ2) is 8.21. The molecule has 0 aromatic carbocycles. The SMILES string of the molecule is FCCCC(F)[PH](c1ccncc1)(c1ccncc1)c1ccncc1. The third-order valence-electron chi connectivity index (χ3n) is 4.47. The van der Waals surface area contributed by atoms with Gasteiger partial charge in [0.15, 0.2) is 0 Å². The van der Waals surface area contributed by atoms with Crippen molar-refractivity contribution in [3.63, 3.8) is 0 Å². The van der Waals surface area contributed by atoms with Crippen LogP contribution in [0.3, 0.4) is 0 Å². The molecule has 0 saturated carbocycles. The zero-order valence-corrected chi connectivity index (χ0v) is 14.7. The van der Waals surface area contributed by atoms with Crippen molar-refractivity contribution in [1.29, 1.82) is 0 Å². The molecule has 0 saturated heterocycles. The third-order valence-corrected chi connectivity index (χ3v) is 9.43. The molecule has 3 nitrogen and oxygen atoms in total. The van der Waals surface area contributed by atoms with E-state index < -0.39 is 19.8 Å². The monoisotopic (exact) mass is 359 g/mol. The summed E-state index contributed by atoms with van der Waals surface area (Å²) >= 11 is 0. The van der Waals surface area contributed by atoms with Crippen LogP contribution in [0, 0.1) is 0 Å². The molecule has 3 heterocycles. The van der Waals surface area contributed by atoms with Crippen molar-refractivity contribution in [3.05, 3.63) is 73.6 Å². The molecule has 130 valence electrons.